The van der Waals surface area contributed by atoms with E-state index >= 15 is 0 Å². The topological polar surface area (TPSA) is 57.7 Å². The standard InChI is InChI=1S/C18H22N2O3S/c1-5-19(3)18(21)15-7-6-8-17(13-15)24(22,23)20(4)16-11-9-14(2)10-12-16/h6-13H,5H2,1-4H3. The first-order valence-electron chi connectivity index (χ1n) is 7.68. The predicted octanol–water partition coefficient (Wildman–Crippen LogP) is 2.91. The molecule has 0 N–H and O–H groups in total. The van der Waals surface area contributed by atoms with Crippen LogP contribution in [-0.4, -0.2) is 39.9 Å². The normalized spacial score (nSPS) is 11.2. The van der Waals surface area contributed by atoms with Gasteiger partial charge in [-0.05, 0) is 44.2 Å². The highest BCUT2D eigenvalue weighted by molar-refractivity contribution is 7.92. The van der Waals surface area contributed by atoms with E-state index in [2.05, 4.69) is 0 Å². The number of hydrogen-bond acceptors (Lipinski definition) is 3. The van der Waals surface area contributed by atoms with Crippen molar-refractivity contribution in [1.29, 1.82) is 0 Å². The number of hydrogen-bond donors (Lipinski definition) is 0. The highest BCUT2D eigenvalue weighted by Crippen LogP contribution is 2.23. The van der Waals surface area contributed by atoms with Gasteiger partial charge in [-0.3, -0.25) is 9.10 Å². The van der Waals surface area contributed by atoms with E-state index in [-0.39, 0.29) is 10.8 Å². The molecule has 2 aromatic carbocycles. The zero-order chi connectivity index (χ0) is 17.9. The molecule has 128 valence electrons. The van der Waals surface area contributed by atoms with Gasteiger partial charge in [-0.15, -0.1) is 0 Å². The van der Waals surface area contributed by atoms with Crippen LogP contribution in [0.1, 0.15) is 22.8 Å². The molecule has 0 aliphatic heterocycles. The van der Waals surface area contributed by atoms with Gasteiger partial charge in [-0.25, -0.2) is 8.42 Å². The number of carbonyl (C=O) groups is 1. The van der Waals surface area contributed by atoms with Gasteiger partial charge in [0, 0.05) is 26.2 Å². The van der Waals surface area contributed by atoms with Crippen molar-refractivity contribution in [2.45, 2.75) is 18.7 Å². The molecule has 0 heterocycles. The molecule has 0 aliphatic rings. The van der Waals surface area contributed by atoms with Gasteiger partial charge in [0.25, 0.3) is 15.9 Å². The maximum atomic E-state index is 12.8. The van der Waals surface area contributed by atoms with Crippen LogP contribution in [0.3, 0.4) is 0 Å². The summed E-state index contributed by atoms with van der Waals surface area (Å²) in [4.78, 5) is 13.9. The Balaban J connectivity index is 2.39. The Hall–Kier alpha value is -2.34. The molecule has 0 saturated carbocycles. The SMILES string of the molecule is CCN(C)C(=O)c1cccc(S(=O)(=O)N(C)c2ccc(C)cc2)c1. The highest BCUT2D eigenvalue weighted by Gasteiger charge is 2.22. The second-order valence-corrected chi connectivity index (χ2v) is 7.62. The van der Waals surface area contributed by atoms with Crippen molar-refractivity contribution in [1.82, 2.24) is 4.90 Å². The number of anilines is 1. The molecular weight excluding hydrogens is 324 g/mol. The van der Waals surface area contributed by atoms with Gasteiger partial charge < -0.3 is 4.90 Å². The minimum atomic E-state index is -3.73. The Morgan fingerprint density at radius 1 is 1.04 bits per heavy atom. The van der Waals surface area contributed by atoms with E-state index in [1.54, 1.807) is 31.3 Å². The Bertz CT molecular complexity index is 830. The van der Waals surface area contributed by atoms with Crippen LogP contribution in [0, 0.1) is 6.92 Å². The maximum Gasteiger partial charge on any atom is 0.264 e. The predicted molar refractivity (Wildman–Crippen MR) is 95.8 cm³/mol. The zero-order valence-electron chi connectivity index (χ0n) is 14.4. The van der Waals surface area contributed by atoms with Crippen molar-refractivity contribution in [2.75, 3.05) is 24.9 Å². The lowest BCUT2D eigenvalue weighted by atomic mass is 10.2. The van der Waals surface area contributed by atoms with E-state index in [1.165, 1.54) is 28.4 Å². The Morgan fingerprint density at radius 3 is 2.25 bits per heavy atom. The maximum absolute atomic E-state index is 12.8. The summed E-state index contributed by atoms with van der Waals surface area (Å²) >= 11 is 0. The number of rotatable bonds is 5. The molecule has 2 rings (SSSR count). The van der Waals surface area contributed by atoms with Crippen LogP contribution in [0.25, 0.3) is 0 Å². The largest absolute Gasteiger partial charge is 0.342 e. The fourth-order valence-corrected chi connectivity index (χ4v) is 3.45. The molecule has 0 bridgehead atoms. The third-order valence-corrected chi connectivity index (χ3v) is 5.74. The van der Waals surface area contributed by atoms with Gasteiger partial charge >= 0.3 is 0 Å². The van der Waals surface area contributed by atoms with Gasteiger partial charge in [-0.2, -0.15) is 0 Å². The van der Waals surface area contributed by atoms with E-state index in [1.807, 2.05) is 26.0 Å². The van der Waals surface area contributed by atoms with E-state index in [0.717, 1.165) is 5.56 Å². The van der Waals surface area contributed by atoms with E-state index in [9.17, 15) is 13.2 Å². The fraction of sp³-hybridized carbons (Fsp3) is 0.278. The lowest BCUT2D eigenvalue weighted by Gasteiger charge is -2.20. The van der Waals surface area contributed by atoms with Crippen LogP contribution < -0.4 is 4.31 Å². The van der Waals surface area contributed by atoms with Crippen LogP contribution >= 0.6 is 0 Å². The molecule has 5 nitrogen and oxygen atoms in total. The Kier molecular flexibility index (Phi) is 5.29. The average molecular weight is 346 g/mol. The van der Waals surface area contributed by atoms with Crippen molar-refractivity contribution < 1.29 is 13.2 Å². The molecule has 0 fully saturated rings. The summed E-state index contributed by atoms with van der Waals surface area (Å²) < 4.78 is 26.9. The minimum Gasteiger partial charge on any atom is -0.342 e. The average Bonchev–Trinajstić information content (AvgIpc) is 2.60. The fourth-order valence-electron chi connectivity index (χ4n) is 2.21. The molecule has 0 atom stereocenters. The van der Waals surface area contributed by atoms with Crippen LogP contribution in [0.5, 0.6) is 0 Å². The van der Waals surface area contributed by atoms with Crippen LogP contribution in [-0.2, 0) is 10.0 Å². The molecule has 0 radical (unpaired) electrons. The van der Waals surface area contributed by atoms with Crippen LogP contribution in [0.2, 0.25) is 0 Å². The third kappa shape index (κ3) is 3.59. The van der Waals surface area contributed by atoms with E-state index in [0.29, 0.717) is 17.8 Å². The number of benzene rings is 2. The first kappa shape index (κ1) is 18.0. The molecule has 0 spiro atoms. The first-order chi connectivity index (χ1) is 11.3. The molecule has 1 amide bonds. The molecule has 0 saturated heterocycles. The molecule has 0 unspecified atom stereocenters. The Labute approximate surface area is 143 Å². The number of amides is 1. The van der Waals surface area contributed by atoms with Gasteiger partial charge in [0.15, 0.2) is 0 Å². The van der Waals surface area contributed by atoms with Gasteiger partial charge in [0.1, 0.15) is 0 Å². The van der Waals surface area contributed by atoms with Crippen LogP contribution in [0.15, 0.2) is 53.4 Å². The van der Waals surface area contributed by atoms with Crippen molar-refractivity contribution in [3.05, 3.63) is 59.7 Å². The summed E-state index contributed by atoms with van der Waals surface area (Å²) in [6.07, 6.45) is 0. The van der Waals surface area contributed by atoms with Gasteiger partial charge in [0.05, 0.1) is 10.6 Å². The quantitative estimate of drug-likeness (QED) is 0.836. The monoisotopic (exact) mass is 346 g/mol. The second-order valence-electron chi connectivity index (χ2n) is 5.66. The van der Waals surface area contributed by atoms with Crippen LogP contribution in [0.4, 0.5) is 5.69 Å². The molecule has 6 heteroatoms. The summed E-state index contributed by atoms with van der Waals surface area (Å²) in [6, 6.07) is 13.4. The molecular formula is C18H22N2O3S. The second kappa shape index (κ2) is 7.05. The molecule has 2 aromatic rings. The number of carbonyl (C=O) groups excluding carboxylic acids is 1. The summed E-state index contributed by atoms with van der Waals surface area (Å²) in [7, 11) is -0.542. The molecule has 0 aromatic heterocycles. The van der Waals surface area contributed by atoms with Gasteiger partial charge in [0.2, 0.25) is 0 Å². The highest BCUT2D eigenvalue weighted by atomic mass is 32.2. The smallest absolute Gasteiger partial charge is 0.264 e. The Morgan fingerprint density at radius 2 is 1.67 bits per heavy atom. The zero-order valence-corrected chi connectivity index (χ0v) is 15.2. The van der Waals surface area contributed by atoms with E-state index < -0.39 is 10.0 Å². The minimum absolute atomic E-state index is 0.0981. The van der Waals surface area contributed by atoms with Crippen molar-refractivity contribution in [3.63, 3.8) is 0 Å². The number of sulfonamides is 1. The summed E-state index contributed by atoms with van der Waals surface area (Å²) in [5, 5.41) is 0. The lowest BCUT2D eigenvalue weighted by Crippen LogP contribution is -2.28. The van der Waals surface area contributed by atoms with Gasteiger partial charge in [-0.1, -0.05) is 23.8 Å². The summed E-state index contributed by atoms with van der Waals surface area (Å²) in [6.45, 7) is 4.36. The van der Waals surface area contributed by atoms with Crippen molar-refractivity contribution in [3.8, 4) is 0 Å². The first-order valence-corrected chi connectivity index (χ1v) is 9.12. The molecule has 0 aliphatic carbocycles. The summed E-state index contributed by atoms with van der Waals surface area (Å²) in [5.41, 5.74) is 1.99. The summed E-state index contributed by atoms with van der Waals surface area (Å²) in [5.74, 6) is -0.201. The van der Waals surface area contributed by atoms with Crippen molar-refractivity contribution >= 4 is 21.6 Å². The number of nitrogens with zero attached hydrogens (tertiary/aromatic N) is 2. The third-order valence-electron chi connectivity index (χ3n) is 3.96. The van der Waals surface area contributed by atoms with E-state index in [4.69, 9.17) is 0 Å². The van der Waals surface area contributed by atoms with Crippen molar-refractivity contribution in [2.24, 2.45) is 0 Å². The lowest BCUT2D eigenvalue weighted by molar-refractivity contribution is 0.0802. The number of aryl methyl sites for hydroxylation is 1. The molecule has 24 heavy (non-hydrogen) atoms.